The molecule has 0 bridgehead atoms. The molecule has 0 aromatic carbocycles. The maximum Gasteiger partial charge on any atom is 0.268 e. The molecule has 2 heterocycles. The number of H-pyrrole nitrogens is 1. The first kappa shape index (κ1) is 14.5. The molecule has 106 valence electrons. The van der Waals surface area contributed by atoms with E-state index in [2.05, 4.69) is 5.10 Å². The topological polar surface area (TPSA) is 71.9 Å². The second-order valence-electron chi connectivity index (χ2n) is 4.83. The van der Waals surface area contributed by atoms with Crippen LogP contribution in [0, 0.1) is 27.7 Å². The zero-order valence-corrected chi connectivity index (χ0v) is 12.7. The van der Waals surface area contributed by atoms with Crippen LogP contribution in [0.1, 0.15) is 31.2 Å². The van der Waals surface area contributed by atoms with Crippen molar-refractivity contribution in [2.75, 3.05) is 0 Å². The van der Waals surface area contributed by atoms with E-state index in [0.29, 0.717) is 16.7 Å². The Bertz CT molecular complexity index is 796. The molecule has 2 rings (SSSR count). The summed E-state index contributed by atoms with van der Waals surface area (Å²) in [6, 6.07) is 1.81. The van der Waals surface area contributed by atoms with Gasteiger partial charge >= 0.3 is 0 Å². The van der Waals surface area contributed by atoms with E-state index < -0.39 is 0 Å². The first-order valence-corrected chi connectivity index (χ1v) is 7.03. The number of hydrogen-bond donors (Lipinski definition) is 1. The molecule has 1 N–H and O–H groups in total. The van der Waals surface area contributed by atoms with Gasteiger partial charge in [0.15, 0.2) is 5.78 Å². The summed E-state index contributed by atoms with van der Waals surface area (Å²) in [5.74, 6) is -0.173. The minimum Gasteiger partial charge on any atom is -0.292 e. The number of nitrogens with one attached hydrogen (secondary N) is 1. The van der Waals surface area contributed by atoms with E-state index in [1.165, 1.54) is 0 Å². The van der Waals surface area contributed by atoms with Gasteiger partial charge in [-0.2, -0.15) is 0 Å². The van der Waals surface area contributed by atoms with Gasteiger partial charge in [-0.15, -0.1) is 11.3 Å². The number of carbonyl (C=O) groups excluding carboxylic acids is 1. The molecule has 5 nitrogen and oxygen atoms in total. The minimum absolute atomic E-state index is 0.147. The molecule has 0 atom stereocenters. The minimum atomic E-state index is -0.340. The molecule has 0 saturated carbocycles. The molecule has 0 saturated heterocycles. The molecular weight excluding hydrogens is 276 g/mol. The summed E-state index contributed by atoms with van der Waals surface area (Å²) >= 11 is 1.54. The summed E-state index contributed by atoms with van der Waals surface area (Å²) in [4.78, 5) is 37.9. The first-order valence-electron chi connectivity index (χ1n) is 6.21. The van der Waals surface area contributed by atoms with Gasteiger partial charge in [0.05, 0.1) is 0 Å². The Kier molecular flexibility index (Phi) is 3.76. The van der Waals surface area contributed by atoms with Gasteiger partial charge in [-0.25, -0.2) is 4.68 Å². The van der Waals surface area contributed by atoms with Crippen LogP contribution in [-0.2, 0) is 6.54 Å². The quantitative estimate of drug-likeness (QED) is 0.875. The number of nitrogens with zero attached hydrogens (tertiary/aromatic N) is 1. The molecular formula is C14H16N2O3S. The van der Waals surface area contributed by atoms with E-state index in [1.54, 1.807) is 25.2 Å². The van der Waals surface area contributed by atoms with Crippen LogP contribution in [0.4, 0.5) is 0 Å². The van der Waals surface area contributed by atoms with Crippen LogP contribution in [-0.4, -0.2) is 15.6 Å². The van der Waals surface area contributed by atoms with Crippen molar-refractivity contribution in [1.29, 1.82) is 0 Å². The Balaban J connectivity index is 2.41. The van der Waals surface area contributed by atoms with Gasteiger partial charge in [-0.1, -0.05) is 0 Å². The highest BCUT2D eigenvalue weighted by atomic mass is 32.1. The highest BCUT2D eigenvalue weighted by Crippen LogP contribution is 2.21. The Morgan fingerprint density at radius 1 is 1.20 bits per heavy atom. The summed E-state index contributed by atoms with van der Waals surface area (Å²) in [5, 5.41) is 2.44. The average molecular weight is 292 g/mol. The molecule has 2 aromatic heterocycles. The van der Waals surface area contributed by atoms with Gasteiger partial charge < -0.3 is 0 Å². The van der Waals surface area contributed by atoms with Crippen molar-refractivity contribution in [1.82, 2.24) is 9.78 Å². The number of Topliss-reactive ketones (excluding diaryl/α,β-unsaturated/α-hetero) is 1. The van der Waals surface area contributed by atoms with Crippen molar-refractivity contribution < 1.29 is 4.79 Å². The van der Waals surface area contributed by atoms with Gasteiger partial charge in [0.1, 0.15) is 6.54 Å². The number of ketones is 1. The molecule has 0 radical (unpaired) electrons. The van der Waals surface area contributed by atoms with Gasteiger partial charge in [-0.3, -0.25) is 19.5 Å². The average Bonchev–Trinajstić information content (AvgIpc) is 2.72. The Hall–Kier alpha value is -1.95. The van der Waals surface area contributed by atoms with E-state index >= 15 is 0 Å². The van der Waals surface area contributed by atoms with Crippen molar-refractivity contribution >= 4 is 17.1 Å². The number of aromatic nitrogens is 2. The van der Waals surface area contributed by atoms with Gasteiger partial charge in [0.2, 0.25) is 0 Å². The fraction of sp³-hybridized carbons (Fsp3) is 0.357. The second-order valence-corrected chi connectivity index (χ2v) is 6.29. The SMILES string of the molecule is Cc1cc(C(=O)Cn2[nH]c(=O)c(C)c(C)c2=O)c(C)s1. The van der Waals surface area contributed by atoms with Crippen LogP contribution in [0.15, 0.2) is 15.7 Å². The molecule has 0 fully saturated rings. The van der Waals surface area contributed by atoms with Crippen LogP contribution in [0.3, 0.4) is 0 Å². The summed E-state index contributed by atoms with van der Waals surface area (Å²) in [6.45, 7) is 6.84. The van der Waals surface area contributed by atoms with Crippen molar-refractivity contribution in [3.05, 3.63) is 53.2 Å². The van der Waals surface area contributed by atoms with Gasteiger partial charge in [-0.05, 0) is 33.8 Å². The number of aryl methyl sites for hydroxylation is 2. The number of rotatable bonds is 3. The first-order chi connectivity index (χ1) is 9.31. The molecule has 0 aliphatic rings. The summed E-state index contributed by atoms with van der Waals surface area (Å²) in [5.41, 5.74) is 0.702. The maximum atomic E-state index is 12.2. The second kappa shape index (κ2) is 5.20. The predicted molar refractivity (Wildman–Crippen MR) is 78.9 cm³/mol. The van der Waals surface area contributed by atoms with Crippen molar-refractivity contribution in [2.45, 2.75) is 34.2 Å². The molecule has 0 amide bonds. The Morgan fingerprint density at radius 3 is 2.40 bits per heavy atom. The third-order valence-electron chi connectivity index (χ3n) is 3.35. The van der Waals surface area contributed by atoms with Crippen LogP contribution in [0.5, 0.6) is 0 Å². The summed E-state index contributed by atoms with van der Waals surface area (Å²) < 4.78 is 1.08. The number of thiophene rings is 1. The molecule has 0 aliphatic carbocycles. The van der Waals surface area contributed by atoms with Crippen LogP contribution < -0.4 is 11.1 Å². The van der Waals surface area contributed by atoms with Crippen LogP contribution in [0.2, 0.25) is 0 Å². The van der Waals surface area contributed by atoms with Crippen molar-refractivity contribution in [3.63, 3.8) is 0 Å². The van der Waals surface area contributed by atoms with E-state index in [0.717, 1.165) is 14.4 Å². The summed E-state index contributed by atoms with van der Waals surface area (Å²) in [6.07, 6.45) is 0. The zero-order chi connectivity index (χ0) is 15.0. The fourth-order valence-electron chi connectivity index (χ4n) is 2.04. The third-order valence-corrected chi connectivity index (χ3v) is 4.31. The maximum absolute atomic E-state index is 12.2. The standard InChI is InChI=1S/C14H16N2O3S/c1-7-5-11(10(4)20-7)12(17)6-16-14(19)9(3)8(2)13(18)15-16/h5H,6H2,1-4H3,(H,15,18). The van der Waals surface area contributed by atoms with E-state index in [9.17, 15) is 14.4 Å². The number of aromatic amines is 1. The fourth-order valence-corrected chi connectivity index (χ4v) is 2.98. The zero-order valence-electron chi connectivity index (χ0n) is 11.9. The lowest BCUT2D eigenvalue weighted by atomic mass is 10.1. The third kappa shape index (κ3) is 2.51. The number of hydrogen-bond acceptors (Lipinski definition) is 4. The highest BCUT2D eigenvalue weighted by Gasteiger charge is 2.15. The van der Waals surface area contributed by atoms with Crippen molar-refractivity contribution in [2.24, 2.45) is 0 Å². The normalized spacial score (nSPS) is 10.8. The lowest BCUT2D eigenvalue weighted by molar-refractivity contribution is 0.0965. The molecule has 0 spiro atoms. The molecule has 20 heavy (non-hydrogen) atoms. The van der Waals surface area contributed by atoms with Gasteiger partial charge in [0.25, 0.3) is 11.1 Å². The van der Waals surface area contributed by atoms with E-state index in [4.69, 9.17) is 0 Å². The monoisotopic (exact) mass is 292 g/mol. The molecule has 2 aromatic rings. The lowest BCUT2D eigenvalue weighted by Gasteiger charge is -2.07. The highest BCUT2D eigenvalue weighted by molar-refractivity contribution is 7.12. The molecule has 0 aliphatic heterocycles. The lowest BCUT2D eigenvalue weighted by Crippen LogP contribution is -2.35. The van der Waals surface area contributed by atoms with E-state index in [1.807, 2.05) is 19.9 Å². The van der Waals surface area contributed by atoms with Crippen LogP contribution in [0.25, 0.3) is 0 Å². The Morgan fingerprint density at radius 2 is 1.85 bits per heavy atom. The van der Waals surface area contributed by atoms with Gasteiger partial charge in [0, 0.05) is 26.4 Å². The molecule has 6 heteroatoms. The smallest absolute Gasteiger partial charge is 0.268 e. The Labute approximate surface area is 119 Å². The summed E-state index contributed by atoms with van der Waals surface area (Å²) in [7, 11) is 0. The largest absolute Gasteiger partial charge is 0.292 e. The van der Waals surface area contributed by atoms with E-state index in [-0.39, 0.29) is 23.4 Å². The number of carbonyl (C=O) groups is 1. The predicted octanol–water partition coefficient (Wildman–Crippen LogP) is 1.71. The van der Waals surface area contributed by atoms with Crippen LogP contribution >= 0.6 is 11.3 Å². The van der Waals surface area contributed by atoms with Crippen molar-refractivity contribution in [3.8, 4) is 0 Å². The molecule has 0 unspecified atom stereocenters.